The van der Waals surface area contributed by atoms with Crippen molar-refractivity contribution in [3.63, 3.8) is 0 Å². The Bertz CT molecular complexity index is 971. The van der Waals surface area contributed by atoms with Crippen LogP contribution in [0.2, 0.25) is 0 Å². The number of methoxy groups -OCH3 is 2. The molecule has 0 bridgehead atoms. The van der Waals surface area contributed by atoms with E-state index in [9.17, 15) is 9.59 Å². The lowest BCUT2D eigenvalue weighted by atomic mass is 10.00. The van der Waals surface area contributed by atoms with Crippen molar-refractivity contribution in [2.24, 2.45) is 0 Å². The summed E-state index contributed by atoms with van der Waals surface area (Å²) in [6.07, 6.45) is 5.36. The highest BCUT2D eigenvalue weighted by atomic mass is 16.5. The number of esters is 1. The number of rotatable bonds is 12. The molecule has 1 N–H and O–H groups in total. The molecule has 218 valence electrons. The second-order valence-corrected chi connectivity index (χ2v) is 9.12. The first-order valence-electron chi connectivity index (χ1n) is 14.3. The van der Waals surface area contributed by atoms with Gasteiger partial charge in [0.15, 0.2) is 17.3 Å². The van der Waals surface area contributed by atoms with Gasteiger partial charge in [-0.3, -0.25) is 9.59 Å². The molecule has 2 atom stereocenters. The average Bonchev–Trinajstić information content (AvgIpc) is 2.99. The summed E-state index contributed by atoms with van der Waals surface area (Å²) in [6, 6.07) is 13.0. The predicted molar refractivity (Wildman–Crippen MR) is 157 cm³/mol. The maximum absolute atomic E-state index is 12.9. The van der Waals surface area contributed by atoms with Gasteiger partial charge in [-0.2, -0.15) is 0 Å². The first-order valence-corrected chi connectivity index (χ1v) is 14.3. The van der Waals surface area contributed by atoms with Gasteiger partial charge in [0.05, 0.1) is 14.2 Å². The smallest absolute Gasteiger partial charge is 0.323 e. The zero-order valence-corrected chi connectivity index (χ0v) is 25.0. The summed E-state index contributed by atoms with van der Waals surface area (Å²) in [4.78, 5) is 24.6. The maximum atomic E-state index is 12.9. The second kappa shape index (κ2) is 19.9. The Balaban J connectivity index is 0.00000142. The molecule has 3 rings (SSSR count). The normalized spacial score (nSPS) is 14.9. The second-order valence-electron chi connectivity index (χ2n) is 9.12. The summed E-state index contributed by atoms with van der Waals surface area (Å²) in [5.41, 5.74) is 1.89. The minimum absolute atomic E-state index is 0.0298. The molecular formula is C32H49NO6. The summed E-state index contributed by atoms with van der Waals surface area (Å²) in [5.74, 6) is 1.72. The van der Waals surface area contributed by atoms with E-state index in [0.29, 0.717) is 36.5 Å². The Morgan fingerprint density at radius 1 is 0.974 bits per heavy atom. The fraction of sp³-hybridized carbons (Fsp3) is 0.562. The number of ketones is 1. The molecule has 2 unspecified atom stereocenters. The highest BCUT2D eigenvalue weighted by molar-refractivity contribution is 5.79. The molecular weight excluding hydrogens is 494 g/mol. The minimum Gasteiger partial charge on any atom is -0.493 e. The molecule has 1 fully saturated rings. The van der Waals surface area contributed by atoms with E-state index in [4.69, 9.17) is 18.9 Å². The number of carbonyl (C=O) groups excluding carboxylic acids is 2. The van der Waals surface area contributed by atoms with E-state index in [1.54, 1.807) is 14.2 Å². The fourth-order valence-electron chi connectivity index (χ4n) is 3.97. The van der Waals surface area contributed by atoms with E-state index in [0.717, 1.165) is 36.9 Å². The van der Waals surface area contributed by atoms with E-state index >= 15 is 0 Å². The lowest BCUT2D eigenvalue weighted by Crippen LogP contribution is -2.41. The Labute approximate surface area is 235 Å². The zero-order valence-electron chi connectivity index (χ0n) is 25.0. The molecule has 39 heavy (non-hydrogen) atoms. The third kappa shape index (κ3) is 12.1. The minimum atomic E-state index is -0.449. The SMILES string of the molecule is CC.CCC.CCC(=O)COc1cccc(C(CCc2ccc(OC)c(OC)c2)OC(=O)C2CCCCN2)c1. The standard InChI is InChI=1S/C27H35NO6.C3H8.C2H6/c1-4-21(29)18-33-22-9-7-8-20(17-22)24(34-27(30)23-10-5-6-15-28-23)13-11-19-12-14-25(31-2)26(16-19)32-3;1-3-2;1-2/h7-9,12,14,16-17,23-24,28H,4-6,10-11,13,15,18H2,1-3H3;3H2,1-2H3;1-2H3. The van der Waals surface area contributed by atoms with Crippen LogP contribution in [-0.4, -0.2) is 45.2 Å². The van der Waals surface area contributed by atoms with Crippen LogP contribution in [0.25, 0.3) is 0 Å². The topological polar surface area (TPSA) is 83.1 Å². The first kappa shape index (κ1) is 34.0. The summed E-state index contributed by atoms with van der Waals surface area (Å²) in [5, 5.41) is 3.26. The van der Waals surface area contributed by atoms with Crippen LogP contribution >= 0.6 is 0 Å². The Kier molecular flexibility index (Phi) is 17.4. The Morgan fingerprint density at radius 2 is 1.69 bits per heavy atom. The monoisotopic (exact) mass is 543 g/mol. The molecule has 2 aromatic rings. The van der Waals surface area contributed by atoms with Crippen LogP contribution in [0.5, 0.6) is 17.2 Å². The number of nitrogens with one attached hydrogen (secondary N) is 1. The lowest BCUT2D eigenvalue weighted by molar-refractivity contribution is -0.153. The Morgan fingerprint density at radius 3 is 2.31 bits per heavy atom. The van der Waals surface area contributed by atoms with Gasteiger partial charge in [0.1, 0.15) is 24.5 Å². The van der Waals surface area contributed by atoms with Gasteiger partial charge >= 0.3 is 5.97 Å². The highest BCUT2D eigenvalue weighted by Gasteiger charge is 2.26. The van der Waals surface area contributed by atoms with E-state index in [-0.39, 0.29) is 24.4 Å². The number of Topliss-reactive ketones (excluding diaryl/α,β-unsaturated/α-hetero) is 1. The van der Waals surface area contributed by atoms with Crippen molar-refractivity contribution >= 4 is 11.8 Å². The van der Waals surface area contributed by atoms with Crippen LogP contribution in [0.4, 0.5) is 0 Å². The summed E-state index contributed by atoms with van der Waals surface area (Å²) < 4.78 is 22.4. The van der Waals surface area contributed by atoms with Gasteiger partial charge in [-0.15, -0.1) is 0 Å². The molecule has 1 saturated heterocycles. The zero-order chi connectivity index (χ0) is 29.0. The van der Waals surface area contributed by atoms with Crippen molar-refractivity contribution in [1.29, 1.82) is 0 Å². The van der Waals surface area contributed by atoms with Crippen molar-refractivity contribution in [2.75, 3.05) is 27.4 Å². The van der Waals surface area contributed by atoms with Crippen LogP contribution in [0.15, 0.2) is 42.5 Å². The molecule has 1 aliphatic heterocycles. The van der Waals surface area contributed by atoms with Gasteiger partial charge < -0.3 is 24.3 Å². The van der Waals surface area contributed by atoms with Crippen LogP contribution in [-0.2, 0) is 20.7 Å². The molecule has 7 heteroatoms. The molecule has 2 aromatic carbocycles. The summed E-state index contributed by atoms with van der Waals surface area (Å²) in [7, 11) is 3.22. The first-order chi connectivity index (χ1) is 18.9. The van der Waals surface area contributed by atoms with Gasteiger partial charge in [0, 0.05) is 6.42 Å². The number of aryl methyl sites for hydroxylation is 1. The van der Waals surface area contributed by atoms with Crippen molar-refractivity contribution in [1.82, 2.24) is 5.32 Å². The van der Waals surface area contributed by atoms with E-state index in [1.807, 2.05) is 63.2 Å². The number of benzene rings is 2. The van der Waals surface area contributed by atoms with Gasteiger partial charge in [-0.05, 0) is 67.6 Å². The predicted octanol–water partition coefficient (Wildman–Crippen LogP) is 6.86. The Hall–Kier alpha value is -3.06. The third-order valence-electron chi connectivity index (χ3n) is 6.02. The molecule has 0 radical (unpaired) electrons. The maximum Gasteiger partial charge on any atom is 0.323 e. The van der Waals surface area contributed by atoms with Crippen LogP contribution in [0.3, 0.4) is 0 Å². The summed E-state index contributed by atoms with van der Waals surface area (Å²) >= 11 is 0. The van der Waals surface area contributed by atoms with Gasteiger partial charge in [-0.1, -0.05) is 65.7 Å². The number of piperidine rings is 1. The highest BCUT2D eigenvalue weighted by Crippen LogP contribution is 2.31. The van der Waals surface area contributed by atoms with E-state index in [2.05, 4.69) is 19.2 Å². The molecule has 0 aromatic heterocycles. The molecule has 0 saturated carbocycles. The molecule has 0 aliphatic carbocycles. The largest absolute Gasteiger partial charge is 0.493 e. The van der Waals surface area contributed by atoms with Crippen molar-refractivity contribution in [3.8, 4) is 17.2 Å². The summed E-state index contributed by atoms with van der Waals surface area (Å²) in [6.45, 7) is 10.9. The lowest BCUT2D eigenvalue weighted by Gasteiger charge is -2.25. The van der Waals surface area contributed by atoms with Crippen LogP contribution < -0.4 is 19.5 Å². The number of hydrogen-bond acceptors (Lipinski definition) is 7. The van der Waals surface area contributed by atoms with Gasteiger partial charge in [-0.25, -0.2) is 0 Å². The molecule has 1 heterocycles. The fourth-order valence-corrected chi connectivity index (χ4v) is 3.97. The third-order valence-corrected chi connectivity index (χ3v) is 6.02. The number of carbonyl (C=O) groups is 2. The number of ether oxygens (including phenoxy) is 4. The van der Waals surface area contributed by atoms with Crippen molar-refractivity contribution in [2.45, 2.75) is 91.7 Å². The van der Waals surface area contributed by atoms with Crippen LogP contribution in [0.1, 0.15) is 90.4 Å². The molecule has 1 aliphatic rings. The van der Waals surface area contributed by atoms with Gasteiger partial charge in [0.25, 0.3) is 0 Å². The quantitative estimate of drug-likeness (QED) is 0.293. The molecule has 7 nitrogen and oxygen atoms in total. The average molecular weight is 544 g/mol. The van der Waals surface area contributed by atoms with E-state index < -0.39 is 6.10 Å². The van der Waals surface area contributed by atoms with Crippen molar-refractivity contribution < 1.29 is 28.5 Å². The number of hydrogen-bond donors (Lipinski definition) is 1. The molecule has 0 amide bonds. The van der Waals surface area contributed by atoms with Crippen molar-refractivity contribution in [3.05, 3.63) is 53.6 Å². The van der Waals surface area contributed by atoms with Crippen LogP contribution in [0, 0.1) is 0 Å². The van der Waals surface area contributed by atoms with E-state index in [1.165, 1.54) is 6.42 Å². The van der Waals surface area contributed by atoms with Gasteiger partial charge in [0.2, 0.25) is 0 Å². The molecule has 0 spiro atoms.